The second-order valence-corrected chi connectivity index (χ2v) is 4.33. The second kappa shape index (κ2) is 8.64. The van der Waals surface area contributed by atoms with Crippen LogP contribution in [0.25, 0.3) is 0 Å². The fourth-order valence-corrected chi connectivity index (χ4v) is 1.69. The maximum atomic E-state index is 12.7. The van der Waals surface area contributed by atoms with Gasteiger partial charge in [0.25, 0.3) is 0 Å². The number of carbonyl (C=O) groups is 1. The van der Waals surface area contributed by atoms with Crippen molar-refractivity contribution in [2.45, 2.75) is 32.1 Å². The highest BCUT2D eigenvalue weighted by atomic mass is 19.1. The van der Waals surface area contributed by atoms with Crippen molar-refractivity contribution in [3.8, 4) is 0 Å². The predicted molar refractivity (Wildman–Crippen MR) is 70.6 cm³/mol. The Labute approximate surface area is 108 Å². The number of halogens is 1. The van der Waals surface area contributed by atoms with E-state index in [0.29, 0.717) is 19.5 Å². The van der Waals surface area contributed by atoms with Crippen molar-refractivity contribution >= 4 is 5.91 Å². The number of hydrogen-bond donors (Lipinski definition) is 2. The van der Waals surface area contributed by atoms with Crippen LogP contribution >= 0.6 is 0 Å². The van der Waals surface area contributed by atoms with Gasteiger partial charge in [-0.15, -0.1) is 0 Å². The largest absolute Gasteiger partial charge is 0.356 e. The fourth-order valence-electron chi connectivity index (χ4n) is 1.69. The van der Waals surface area contributed by atoms with Crippen LogP contribution in [0, 0.1) is 5.82 Å². The first-order valence-corrected chi connectivity index (χ1v) is 6.43. The average Bonchev–Trinajstić information content (AvgIpc) is 2.37. The number of hydrogen-bond acceptors (Lipinski definition) is 2. The van der Waals surface area contributed by atoms with E-state index in [-0.39, 0.29) is 11.7 Å². The molecule has 3 N–H and O–H groups in total. The molecule has 0 saturated carbocycles. The topological polar surface area (TPSA) is 55.1 Å². The number of nitrogens with one attached hydrogen (secondary N) is 1. The summed E-state index contributed by atoms with van der Waals surface area (Å²) in [7, 11) is 0. The molecule has 0 heterocycles. The Morgan fingerprint density at radius 1 is 1.17 bits per heavy atom. The quantitative estimate of drug-likeness (QED) is 0.695. The van der Waals surface area contributed by atoms with E-state index < -0.39 is 0 Å². The monoisotopic (exact) mass is 252 g/mol. The Hall–Kier alpha value is -1.42. The van der Waals surface area contributed by atoms with E-state index >= 15 is 0 Å². The standard InChI is InChI=1S/C14H21FN2O/c15-13-7-5-12(6-8-13)9-11-17-14(18)4-2-1-3-10-16/h5-8H,1-4,9-11,16H2,(H,17,18). The molecule has 0 spiro atoms. The molecule has 100 valence electrons. The number of carbonyl (C=O) groups excluding carboxylic acids is 1. The lowest BCUT2D eigenvalue weighted by atomic mass is 10.1. The molecule has 0 aliphatic heterocycles. The van der Waals surface area contributed by atoms with Gasteiger partial charge in [-0.3, -0.25) is 4.79 Å². The Bertz CT molecular complexity index is 351. The van der Waals surface area contributed by atoms with Crippen molar-refractivity contribution in [2.75, 3.05) is 13.1 Å². The first-order valence-electron chi connectivity index (χ1n) is 6.43. The summed E-state index contributed by atoms with van der Waals surface area (Å²) in [5.74, 6) is -0.156. The molecule has 0 atom stereocenters. The van der Waals surface area contributed by atoms with Gasteiger partial charge >= 0.3 is 0 Å². The van der Waals surface area contributed by atoms with E-state index in [9.17, 15) is 9.18 Å². The van der Waals surface area contributed by atoms with E-state index in [1.165, 1.54) is 12.1 Å². The van der Waals surface area contributed by atoms with Crippen LogP contribution in [-0.4, -0.2) is 19.0 Å². The summed E-state index contributed by atoms with van der Waals surface area (Å²) in [6, 6.07) is 6.35. The molecule has 0 saturated heterocycles. The van der Waals surface area contributed by atoms with Gasteiger partial charge in [0.1, 0.15) is 5.82 Å². The summed E-state index contributed by atoms with van der Waals surface area (Å²) >= 11 is 0. The molecule has 0 bridgehead atoms. The number of amides is 1. The van der Waals surface area contributed by atoms with Crippen LogP contribution in [-0.2, 0) is 11.2 Å². The third kappa shape index (κ3) is 6.35. The van der Waals surface area contributed by atoms with Gasteiger partial charge in [0.05, 0.1) is 0 Å². The summed E-state index contributed by atoms with van der Waals surface area (Å²) < 4.78 is 12.7. The molecule has 4 heteroatoms. The lowest BCUT2D eigenvalue weighted by Crippen LogP contribution is -2.25. The third-order valence-corrected chi connectivity index (χ3v) is 2.76. The molecule has 0 unspecified atom stereocenters. The van der Waals surface area contributed by atoms with E-state index in [1.807, 2.05) is 0 Å². The molecule has 1 amide bonds. The van der Waals surface area contributed by atoms with Crippen LogP contribution < -0.4 is 11.1 Å². The number of nitrogens with two attached hydrogens (primary N) is 1. The molecule has 1 aromatic carbocycles. The van der Waals surface area contributed by atoms with Crippen molar-refractivity contribution in [3.63, 3.8) is 0 Å². The van der Waals surface area contributed by atoms with E-state index in [1.54, 1.807) is 12.1 Å². The minimum absolute atomic E-state index is 0.0779. The van der Waals surface area contributed by atoms with Gasteiger partial charge in [-0.05, 0) is 43.5 Å². The minimum atomic E-state index is -0.234. The zero-order valence-corrected chi connectivity index (χ0v) is 10.6. The maximum absolute atomic E-state index is 12.7. The summed E-state index contributed by atoms with van der Waals surface area (Å²) in [6.07, 6.45) is 4.16. The molecule has 0 radical (unpaired) electrons. The SMILES string of the molecule is NCCCCCC(=O)NCCc1ccc(F)cc1. The molecule has 0 fully saturated rings. The molecular weight excluding hydrogens is 231 g/mol. The normalized spacial score (nSPS) is 10.3. The van der Waals surface area contributed by atoms with Gasteiger partial charge in [0.2, 0.25) is 5.91 Å². The van der Waals surface area contributed by atoms with Crippen molar-refractivity contribution in [1.82, 2.24) is 5.32 Å². The smallest absolute Gasteiger partial charge is 0.220 e. The first-order chi connectivity index (χ1) is 8.72. The minimum Gasteiger partial charge on any atom is -0.356 e. The van der Waals surface area contributed by atoms with E-state index in [4.69, 9.17) is 5.73 Å². The van der Waals surface area contributed by atoms with Crippen LogP contribution in [0.1, 0.15) is 31.2 Å². The van der Waals surface area contributed by atoms with Gasteiger partial charge in [0, 0.05) is 13.0 Å². The highest BCUT2D eigenvalue weighted by molar-refractivity contribution is 5.75. The summed E-state index contributed by atoms with van der Waals surface area (Å²) in [5, 5.41) is 2.86. The van der Waals surface area contributed by atoms with Crippen molar-refractivity contribution < 1.29 is 9.18 Å². The Kier molecular flexibility index (Phi) is 7.03. The number of benzene rings is 1. The number of unbranched alkanes of at least 4 members (excludes halogenated alkanes) is 2. The van der Waals surface area contributed by atoms with Gasteiger partial charge < -0.3 is 11.1 Å². The van der Waals surface area contributed by atoms with Crippen molar-refractivity contribution in [2.24, 2.45) is 5.73 Å². The fraction of sp³-hybridized carbons (Fsp3) is 0.500. The average molecular weight is 252 g/mol. The summed E-state index contributed by atoms with van der Waals surface area (Å²) in [4.78, 5) is 11.4. The zero-order chi connectivity index (χ0) is 13.2. The third-order valence-electron chi connectivity index (χ3n) is 2.76. The predicted octanol–water partition coefficient (Wildman–Crippen LogP) is 2.00. The summed E-state index contributed by atoms with van der Waals surface area (Å²) in [5.41, 5.74) is 6.40. The number of rotatable bonds is 8. The van der Waals surface area contributed by atoms with Gasteiger partial charge in [-0.2, -0.15) is 0 Å². The van der Waals surface area contributed by atoms with Crippen LogP contribution in [0.2, 0.25) is 0 Å². The second-order valence-electron chi connectivity index (χ2n) is 4.33. The van der Waals surface area contributed by atoms with Crippen molar-refractivity contribution in [3.05, 3.63) is 35.6 Å². The highest BCUT2D eigenvalue weighted by Crippen LogP contribution is 2.03. The first kappa shape index (κ1) is 14.6. The van der Waals surface area contributed by atoms with Crippen molar-refractivity contribution in [1.29, 1.82) is 0 Å². The van der Waals surface area contributed by atoms with E-state index in [0.717, 1.165) is 31.2 Å². The van der Waals surface area contributed by atoms with E-state index in [2.05, 4.69) is 5.32 Å². The Balaban J connectivity index is 2.10. The molecular formula is C14H21FN2O. The zero-order valence-electron chi connectivity index (χ0n) is 10.6. The molecule has 0 aromatic heterocycles. The molecule has 0 aliphatic carbocycles. The Morgan fingerprint density at radius 2 is 1.89 bits per heavy atom. The Morgan fingerprint density at radius 3 is 2.56 bits per heavy atom. The van der Waals surface area contributed by atoms with Crippen LogP contribution in [0.3, 0.4) is 0 Å². The van der Waals surface area contributed by atoms with Gasteiger partial charge in [-0.25, -0.2) is 4.39 Å². The molecule has 0 aliphatic rings. The van der Waals surface area contributed by atoms with Gasteiger partial charge in [0.15, 0.2) is 0 Å². The molecule has 18 heavy (non-hydrogen) atoms. The van der Waals surface area contributed by atoms with Crippen LogP contribution in [0.5, 0.6) is 0 Å². The lowest BCUT2D eigenvalue weighted by molar-refractivity contribution is -0.121. The summed E-state index contributed by atoms with van der Waals surface area (Å²) in [6.45, 7) is 1.29. The van der Waals surface area contributed by atoms with Crippen LogP contribution in [0.15, 0.2) is 24.3 Å². The lowest BCUT2D eigenvalue weighted by Gasteiger charge is -2.05. The van der Waals surface area contributed by atoms with Gasteiger partial charge in [-0.1, -0.05) is 18.6 Å². The molecule has 1 rings (SSSR count). The van der Waals surface area contributed by atoms with Crippen LogP contribution in [0.4, 0.5) is 4.39 Å². The maximum Gasteiger partial charge on any atom is 0.220 e. The molecule has 1 aromatic rings. The molecule has 3 nitrogen and oxygen atoms in total. The highest BCUT2D eigenvalue weighted by Gasteiger charge is 2.00.